The zero-order valence-electron chi connectivity index (χ0n) is 9.37. The number of benzene rings is 1. The molecule has 3 nitrogen and oxygen atoms in total. The maximum absolute atomic E-state index is 12.3. The van der Waals surface area contributed by atoms with Gasteiger partial charge in [-0.15, -0.1) is 11.3 Å². The molecule has 94 valence electrons. The molecule has 0 aliphatic heterocycles. The highest BCUT2D eigenvalue weighted by Gasteiger charge is 2.20. The lowest BCUT2D eigenvalue weighted by Crippen LogP contribution is -2.05. The fourth-order valence-electron chi connectivity index (χ4n) is 1.60. The summed E-state index contributed by atoms with van der Waals surface area (Å²) in [4.78, 5) is 12.3. The van der Waals surface area contributed by atoms with Gasteiger partial charge in [-0.1, -0.05) is 29.3 Å². The van der Waals surface area contributed by atoms with E-state index in [0.717, 1.165) is 11.3 Å². The van der Waals surface area contributed by atoms with Crippen molar-refractivity contribution in [3.05, 3.63) is 44.1 Å². The van der Waals surface area contributed by atoms with Crippen molar-refractivity contribution in [1.82, 2.24) is 0 Å². The normalized spacial score (nSPS) is 10.4. The Balaban J connectivity index is 2.53. The number of ether oxygens (including phenoxy) is 1. The molecule has 0 saturated carbocycles. The Labute approximate surface area is 118 Å². The third kappa shape index (κ3) is 2.32. The fourth-order valence-corrected chi connectivity index (χ4v) is 3.06. The van der Waals surface area contributed by atoms with Crippen LogP contribution in [-0.4, -0.2) is 12.9 Å². The van der Waals surface area contributed by atoms with E-state index in [2.05, 4.69) is 0 Å². The van der Waals surface area contributed by atoms with Gasteiger partial charge in [0.25, 0.3) is 0 Å². The van der Waals surface area contributed by atoms with Crippen LogP contribution in [0, 0.1) is 0 Å². The molecule has 2 N–H and O–H groups in total. The van der Waals surface area contributed by atoms with Crippen LogP contribution < -0.4 is 10.5 Å². The third-order valence-electron chi connectivity index (χ3n) is 2.40. The van der Waals surface area contributed by atoms with Gasteiger partial charge in [-0.05, 0) is 18.2 Å². The monoisotopic (exact) mass is 301 g/mol. The average molecular weight is 302 g/mol. The number of thiophene rings is 1. The Hall–Kier alpha value is -1.23. The van der Waals surface area contributed by atoms with E-state index < -0.39 is 0 Å². The molecule has 1 aromatic heterocycles. The molecular weight excluding hydrogens is 293 g/mol. The molecule has 0 saturated heterocycles. The van der Waals surface area contributed by atoms with Crippen LogP contribution in [0.3, 0.4) is 0 Å². The molecule has 2 aromatic rings. The summed E-state index contributed by atoms with van der Waals surface area (Å²) in [7, 11) is 1.46. The minimum Gasteiger partial charge on any atom is -0.494 e. The number of methoxy groups -OCH3 is 1. The van der Waals surface area contributed by atoms with E-state index in [1.54, 1.807) is 24.3 Å². The highest BCUT2D eigenvalue weighted by Crippen LogP contribution is 2.35. The first-order valence-electron chi connectivity index (χ1n) is 4.96. The van der Waals surface area contributed by atoms with E-state index >= 15 is 0 Å². The molecule has 0 spiro atoms. The zero-order valence-corrected chi connectivity index (χ0v) is 11.7. The first kappa shape index (κ1) is 13.2. The van der Waals surface area contributed by atoms with Crippen molar-refractivity contribution in [3.63, 3.8) is 0 Å². The van der Waals surface area contributed by atoms with Crippen LogP contribution >= 0.6 is 34.5 Å². The Bertz CT molecular complexity index is 610. The van der Waals surface area contributed by atoms with Gasteiger partial charge >= 0.3 is 0 Å². The minimum absolute atomic E-state index is 0.257. The quantitative estimate of drug-likeness (QED) is 0.691. The smallest absolute Gasteiger partial charge is 0.199 e. The summed E-state index contributed by atoms with van der Waals surface area (Å²) in [6, 6.07) is 6.53. The van der Waals surface area contributed by atoms with Gasteiger partial charge in [0.2, 0.25) is 0 Å². The summed E-state index contributed by atoms with van der Waals surface area (Å²) >= 11 is 12.9. The van der Waals surface area contributed by atoms with Crippen molar-refractivity contribution in [2.75, 3.05) is 12.8 Å². The maximum atomic E-state index is 12.3. The number of hydrogen-bond donors (Lipinski definition) is 1. The molecule has 1 aromatic carbocycles. The SMILES string of the molecule is COc1c(N)cccc1C(=O)c1cc(Cl)sc1Cl. The van der Waals surface area contributed by atoms with Gasteiger partial charge in [-0.2, -0.15) is 0 Å². The predicted octanol–water partition coefficient (Wildman–Crippen LogP) is 3.88. The first-order chi connectivity index (χ1) is 8.54. The summed E-state index contributed by atoms with van der Waals surface area (Å²) in [5, 5.41) is 0. The molecule has 0 unspecified atom stereocenters. The Morgan fingerprint density at radius 3 is 2.61 bits per heavy atom. The average Bonchev–Trinajstić information content (AvgIpc) is 2.67. The number of carbonyl (C=O) groups excluding carboxylic acids is 1. The number of halogens is 2. The molecule has 0 atom stereocenters. The first-order valence-corrected chi connectivity index (χ1v) is 6.54. The lowest BCUT2D eigenvalue weighted by atomic mass is 10.0. The number of para-hydroxylation sites is 1. The second-order valence-electron chi connectivity index (χ2n) is 3.50. The number of carbonyl (C=O) groups is 1. The summed E-state index contributed by atoms with van der Waals surface area (Å²) in [5.41, 5.74) is 6.89. The molecule has 0 aliphatic rings. The van der Waals surface area contributed by atoms with Crippen molar-refractivity contribution >= 4 is 46.0 Å². The van der Waals surface area contributed by atoms with Crippen LogP contribution in [0.5, 0.6) is 5.75 Å². The molecule has 0 aliphatic carbocycles. The van der Waals surface area contributed by atoms with E-state index in [1.165, 1.54) is 7.11 Å². The standard InChI is InChI=1S/C12H9Cl2NO2S/c1-17-11-6(3-2-4-8(11)15)10(16)7-5-9(13)18-12(7)14/h2-5H,15H2,1H3. The molecule has 0 bridgehead atoms. The van der Waals surface area contributed by atoms with Crippen molar-refractivity contribution < 1.29 is 9.53 Å². The van der Waals surface area contributed by atoms with Crippen LogP contribution in [0.15, 0.2) is 24.3 Å². The lowest BCUT2D eigenvalue weighted by molar-refractivity contribution is 0.103. The van der Waals surface area contributed by atoms with Gasteiger partial charge < -0.3 is 10.5 Å². The molecule has 2 rings (SSSR count). The number of hydrogen-bond acceptors (Lipinski definition) is 4. The predicted molar refractivity (Wildman–Crippen MR) is 75.2 cm³/mol. The van der Waals surface area contributed by atoms with Crippen LogP contribution in [0.1, 0.15) is 15.9 Å². The summed E-state index contributed by atoms with van der Waals surface area (Å²) in [5.74, 6) is 0.0909. The van der Waals surface area contributed by atoms with Gasteiger partial charge in [0.15, 0.2) is 11.5 Å². The van der Waals surface area contributed by atoms with E-state index in [1.807, 2.05) is 0 Å². The van der Waals surface area contributed by atoms with Crippen molar-refractivity contribution in [2.24, 2.45) is 0 Å². The Morgan fingerprint density at radius 1 is 1.33 bits per heavy atom. The third-order valence-corrected chi connectivity index (χ3v) is 3.88. The zero-order chi connectivity index (χ0) is 13.3. The topological polar surface area (TPSA) is 52.3 Å². The number of ketones is 1. The van der Waals surface area contributed by atoms with Gasteiger partial charge in [0.1, 0.15) is 4.34 Å². The highest BCUT2D eigenvalue weighted by molar-refractivity contribution is 7.20. The maximum Gasteiger partial charge on any atom is 0.199 e. The number of rotatable bonds is 3. The molecular formula is C12H9Cl2NO2S. The minimum atomic E-state index is -0.257. The molecule has 1 heterocycles. The van der Waals surface area contributed by atoms with E-state index in [4.69, 9.17) is 33.7 Å². The van der Waals surface area contributed by atoms with Gasteiger partial charge in [0.05, 0.1) is 28.3 Å². The lowest BCUT2D eigenvalue weighted by Gasteiger charge is -2.09. The molecule has 6 heteroatoms. The summed E-state index contributed by atoms with van der Waals surface area (Å²) in [6.45, 7) is 0. The second kappa shape index (κ2) is 5.18. The van der Waals surface area contributed by atoms with Gasteiger partial charge in [-0.25, -0.2) is 0 Å². The van der Waals surface area contributed by atoms with Crippen LogP contribution in [0.25, 0.3) is 0 Å². The number of nitrogen functional groups attached to an aromatic ring is 1. The molecule has 0 amide bonds. The van der Waals surface area contributed by atoms with Crippen molar-refractivity contribution in [3.8, 4) is 5.75 Å². The molecule has 0 fully saturated rings. The van der Waals surface area contributed by atoms with E-state index in [-0.39, 0.29) is 5.78 Å². The Kier molecular flexibility index (Phi) is 3.80. The van der Waals surface area contributed by atoms with Crippen LogP contribution in [0.4, 0.5) is 5.69 Å². The van der Waals surface area contributed by atoms with Gasteiger partial charge in [0, 0.05) is 0 Å². The molecule has 0 radical (unpaired) electrons. The summed E-state index contributed by atoms with van der Waals surface area (Å²) in [6.07, 6.45) is 0. The van der Waals surface area contributed by atoms with Gasteiger partial charge in [-0.3, -0.25) is 4.79 Å². The van der Waals surface area contributed by atoms with E-state index in [0.29, 0.717) is 31.2 Å². The number of anilines is 1. The highest BCUT2D eigenvalue weighted by atomic mass is 35.5. The Morgan fingerprint density at radius 2 is 2.06 bits per heavy atom. The fraction of sp³-hybridized carbons (Fsp3) is 0.0833. The van der Waals surface area contributed by atoms with Crippen molar-refractivity contribution in [2.45, 2.75) is 0 Å². The van der Waals surface area contributed by atoms with Crippen molar-refractivity contribution in [1.29, 1.82) is 0 Å². The van der Waals surface area contributed by atoms with Crippen LogP contribution in [-0.2, 0) is 0 Å². The summed E-state index contributed by atoms with van der Waals surface area (Å²) < 4.78 is 5.97. The number of nitrogens with two attached hydrogens (primary N) is 1. The largest absolute Gasteiger partial charge is 0.494 e. The molecule has 18 heavy (non-hydrogen) atoms. The second-order valence-corrected chi connectivity index (χ2v) is 5.78. The van der Waals surface area contributed by atoms with E-state index in [9.17, 15) is 4.79 Å². The van der Waals surface area contributed by atoms with Crippen LogP contribution in [0.2, 0.25) is 8.67 Å².